The summed E-state index contributed by atoms with van der Waals surface area (Å²) in [5.74, 6) is 0.281. The predicted octanol–water partition coefficient (Wildman–Crippen LogP) is 0.856. The molecule has 1 fully saturated rings. The summed E-state index contributed by atoms with van der Waals surface area (Å²) >= 11 is 0. The smallest absolute Gasteiger partial charge is 0.306 e. The van der Waals surface area contributed by atoms with Gasteiger partial charge in [-0.3, -0.25) is 9.59 Å². The number of carbonyl (C=O) groups is 2. The molecule has 14 heavy (non-hydrogen) atoms. The van der Waals surface area contributed by atoms with E-state index in [1.54, 1.807) is 0 Å². The first-order chi connectivity index (χ1) is 6.72. The van der Waals surface area contributed by atoms with Crippen molar-refractivity contribution in [3.63, 3.8) is 0 Å². The van der Waals surface area contributed by atoms with Crippen LogP contribution in [-0.4, -0.2) is 25.5 Å². The molecule has 0 atom stereocenters. The Bertz CT molecular complexity index is 211. The van der Waals surface area contributed by atoms with Gasteiger partial charge in [-0.25, -0.2) is 0 Å². The quantitative estimate of drug-likeness (QED) is 0.668. The molecule has 1 rings (SSSR count). The van der Waals surface area contributed by atoms with Crippen LogP contribution in [0, 0.1) is 5.92 Å². The Kier molecular flexibility index (Phi) is 4.43. The maximum Gasteiger partial charge on any atom is 0.306 e. The molecule has 0 aliphatic heterocycles. The molecule has 1 aliphatic carbocycles. The van der Waals surface area contributed by atoms with Crippen molar-refractivity contribution in [2.24, 2.45) is 5.92 Å². The minimum Gasteiger partial charge on any atom is -0.469 e. The van der Waals surface area contributed by atoms with Crippen molar-refractivity contribution in [3.05, 3.63) is 0 Å². The molecule has 1 amide bonds. The van der Waals surface area contributed by atoms with E-state index >= 15 is 0 Å². The van der Waals surface area contributed by atoms with E-state index in [-0.39, 0.29) is 24.7 Å². The van der Waals surface area contributed by atoms with Gasteiger partial charge in [0.05, 0.1) is 13.5 Å². The maximum absolute atomic E-state index is 11.2. The van der Waals surface area contributed by atoms with Crippen molar-refractivity contribution >= 4 is 11.9 Å². The Hall–Kier alpha value is -1.06. The summed E-state index contributed by atoms with van der Waals surface area (Å²) in [7, 11) is 1.33. The van der Waals surface area contributed by atoms with E-state index in [4.69, 9.17) is 0 Å². The Balaban J connectivity index is 2.00. The normalized spacial score (nSPS) is 15.8. The summed E-state index contributed by atoms with van der Waals surface area (Å²) in [6.45, 7) is 0.764. The minimum absolute atomic E-state index is 0.0534. The molecule has 0 bridgehead atoms. The van der Waals surface area contributed by atoms with Crippen molar-refractivity contribution < 1.29 is 14.3 Å². The second-order valence-corrected chi connectivity index (χ2v) is 3.68. The maximum atomic E-state index is 11.2. The van der Waals surface area contributed by atoms with E-state index in [0.29, 0.717) is 5.92 Å². The highest BCUT2D eigenvalue weighted by Crippen LogP contribution is 2.25. The number of esters is 1. The van der Waals surface area contributed by atoms with Gasteiger partial charge >= 0.3 is 5.97 Å². The third kappa shape index (κ3) is 3.77. The van der Waals surface area contributed by atoms with Crippen molar-refractivity contribution in [2.45, 2.75) is 32.1 Å². The van der Waals surface area contributed by atoms with Crippen LogP contribution < -0.4 is 5.32 Å². The van der Waals surface area contributed by atoms with Gasteiger partial charge in [0.1, 0.15) is 0 Å². The summed E-state index contributed by atoms with van der Waals surface area (Å²) in [6.07, 6.45) is 4.13. The van der Waals surface area contributed by atoms with Gasteiger partial charge in [-0.2, -0.15) is 0 Å². The first-order valence-corrected chi connectivity index (χ1v) is 5.06. The molecule has 0 aromatic carbocycles. The molecule has 0 aromatic rings. The number of amides is 1. The third-order valence-electron chi connectivity index (χ3n) is 2.60. The highest BCUT2D eigenvalue weighted by Gasteiger charge is 2.17. The third-order valence-corrected chi connectivity index (χ3v) is 2.60. The van der Waals surface area contributed by atoms with Crippen molar-refractivity contribution in [1.29, 1.82) is 0 Å². The molecule has 0 spiro atoms. The highest BCUT2D eigenvalue weighted by molar-refractivity contribution is 5.81. The molecule has 80 valence electrons. The fraction of sp³-hybridized carbons (Fsp3) is 0.800. The Morgan fingerprint density at radius 2 is 2.07 bits per heavy atom. The van der Waals surface area contributed by atoms with Gasteiger partial charge < -0.3 is 10.1 Å². The summed E-state index contributed by atoms with van der Waals surface area (Å²) in [6, 6.07) is 0. The van der Waals surface area contributed by atoms with E-state index in [1.807, 2.05) is 0 Å². The average molecular weight is 199 g/mol. The molecule has 0 radical (unpaired) electrons. The molecule has 1 N–H and O–H groups in total. The number of rotatable bonds is 5. The molecule has 0 aromatic heterocycles. The van der Waals surface area contributed by atoms with Gasteiger partial charge in [0.25, 0.3) is 0 Å². The van der Waals surface area contributed by atoms with Crippen molar-refractivity contribution in [2.75, 3.05) is 13.7 Å². The molecule has 1 saturated carbocycles. The SMILES string of the molecule is COC(=O)CCC(=O)NCC1CCC1. The van der Waals surface area contributed by atoms with Crippen LogP contribution >= 0.6 is 0 Å². The average Bonchev–Trinajstić information content (AvgIpc) is 2.11. The van der Waals surface area contributed by atoms with Crippen LogP contribution in [0.15, 0.2) is 0 Å². The molecule has 4 nitrogen and oxygen atoms in total. The zero-order valence-corrected chi connectivity index (χ0v) is 8.54. The first kappa shape index (κ1) is 11.0. The van der Waals surface area contributed by atoms with Gasteiger partial charge in [-0.15, -0.1) is 0 Å². The number of hydrogen-bond acceptors (Lipinski definition) is 3. The van der Waals surface area contributed by atoms with Crippen LogP contribution in [0.5, 0.6) is 0 Å². The number of hydrogen-bond donors (Lipinski definition) is 1. The van der Waals surface area contributed by atoms with E-state index in [1.165, 1.54) is 26.4 Å². The topological polar surface area (TPSA) is 55.4 Å². The molecule has 0 unspecified atom stereocenters. The van der Waals surface area contributed by atoms with Crippen LogP contribution in [0.2, 0.25) is 0 Å². The van der Waals surface area contributed by atoms with Crippen molar-refractivity contribution in [1.82, 2.24) is 5.32 Å². The van der Waals surface area contributed by atoms with Gasteiger partial charge in [-0.05, 0) is 18.8 Å². The summed E-state index contributed by atoms with van der Waals surface area (Å²) < 4.78 is 4.44. The minimum atomic E-state index is -0.330. The van der Waals surface area contributed by atoms with E-state index in [2.05, 4.69) is 10.1 Å². The van der Waals surface area contributed by atoms with Crippen molar-refractivity contribution in [3.8, 4) is 0 Å². The Morgan fingerprint density at radius 1 is 1.36 bits per heavy atom. The Morgan fingerprint density at radius 3 is 2.57 bits per heavy atom. The highest BCUT2D eigenvalue weighted by atomic mass is 16.5. The molecule has 1 aliphatic rings. The molecule has 0 saturated heterocycles. The molecule has 0 heterocycles. The van der Waals surface area contributed by atoms with Crippen LogP contribution in [0.1, 0.15) is 32.1 Å². The monoisotopic (exact) mass is 199 g/mol. The molecular weight excluding hydrogens is 182 g/mol. The second kappa shape index (κ2) is 5.62. The summed E-state index contributed by atoms with van der Waals surface area (Å²) in [5, 5.41) is 2.82. The largest absolute Gasteiger partial charge is 0.469 e. The fourth-order valence-corrected chi connectivity index (χ4v) is 1.36. The zero-order chi connectivity index (χ0) is 10.4. The number of nitrogens with one attached hydrogen (secondary N) is 1. The summed E-state index contributed by atoms with van der Waals surface area (Å²) in [5.41, 5.74) is 0. The standard InChI is InChI=1S/C10H17NO3/c1-14-10(13)6-5-9(12)11-7-8-3-2-4-8/h8H,2-7H2,1H3,(H,11,12). The Labute approximate surface area is 84.0 Å². The second-order valence-electron chi connectivity index (χ2n) is 3.68. The molecule has 4 heteroatoms. The zero-order valence-electron chi connectivity index (χ0n) is 8.54. The lowest BCUT2D eigenvalue weighted by molar-refractivity contribution is -0.142. The van der Waals surface area contributed by atoms with E-state index < -0.39 is 0 Å². The lowest BCUT2D eigenvalue weighted by Gasteiger charge is -2.25. The van der Waals surface area contributed by atoms with Gasteiger partial charge in [0.2, 0.25) is 5.91 Å². The lowest BCUT2D eigenvalue weighted by Crippen LogP contribution is -2.32. The number of methoxy groups -OCH3 is 1. The summed E-state index contributed by atoms with van der Waals surface area (Å²) in [4.78, 5) is 21.9. The van der Waals surface area contributed by atoms with E-state index in [0.717, 1.165) is 6.54 Å². The molecular formula is C10H17NO3. The van der Waals surface area contributed by atoms with Crippen LogP contribution in [0.4, 0.5) is 0 Å². The van der Waals surface area contributed by atoms with Gasteiger partial charge in [0.15, 0.2) is 0 Å². The van der Waals surface area contributed by atoms with Gasteiger partial charge in [0, 0.05) is 13.0 Å². The van der Waals surface area contributed by atoms with E-state index in [9.17, 15) is 9.59 Å². The van der Waals surface area contributed by atoms with Crippen LogP contribution in [-0.2, 0) is 14.3 Å². The predicted molar refractivity (Wildman–Crippen MR) is 51.6 cm³/mol. The number of ether oxygens (including phenoxy) is 1. The first-order valence-electron chi connectivity index (χ1n) is 5.06. The fourth-order valence-electron chi connectivity index (χ4n) is 1.36. The lowest BCUT2D eigenvalue weighted by atomic mass is 9.85. The van der Waals surface area contributed by atoms with Gasteiger partial charge in [-0.1, -0.05) is 6.42 Å². The van der Waals surface area contributed by atoms with Crippen LogP contribution in [0.3, 0.4) is 0 Å². The van der Waals surface area contributed by atoms with Crippen LogP contribution in [0.25, 0.3) is 0 Å². The number of carbonyl (C=O) groups excluding carboxylic acids is 2.